The van der Waals surface area contributed by atoms with Gasteiger partial charge in [0, 0.05) is 26.3 Å². The molecule has 0 spiro atoms. The lowest BCUT2D eigenvalue weighted by Crippen LogP contribution is -2.39. The van der Waals surface area contributed by atoms with Crippen molar-refractivity contribution in [1.29, 1.82) is 0 Å². The van der Waals surface area contributed by atoms with E-state index in [0.717, 1.165) is 32.0 Å². The highest BCUT2D eigenvalue weighted by Crippen LogP contribution is 2.20. The maximum absolute atomic E-state index is 11.6. The van der Waals surface area contributed by atoms with Crippen LogP contribution in [0.1, 0.15) is 33.1 Å². The van der Waals surface area contributed by atoms with Gasteiger partial charge in [0.05, 0.1) is 6.54 Å². The third-order valence-electron chi connectivity index (χ3n) is 3.15. The smallest absolute Gasteiger partial charge is 0.234 e. The molecule has 0 bridgehead atoms. The summed E-state index contributed by atoms with van der Waals surface area (Å²) in [6.45, 7) is 7.52. The number of likely N-dealkylation sites (tertiary alicyclic amines) is 1. The number of carbonyl (C=O) groups excluding carboxylic acids is 1. The van der Waals surface area contributed by atoms with E-state index in [-0.39, 0.29) is 11.9 Å². The minimum atomic E-state index is 0.151. The van der Waals surface area contributed by atoms with Crippen molar-refractivity contribution < 1.29 is 9.53 Å². The van der Waals surface area contributed by atoms with Gasteiger partial charge in [-0.1, -0.05) is 0 Å². The molecule has 1 atom stereocenters. The second-order valence-corrected chi connectivity index (χ2v) is 5.25. The minimum absolute atomic E-state index is 0.151. The first kappa shape index (κ1) is 14.5. The first-order valence-corrected chi connectivity index (χ1v) is 6.62. The van der Waals surface area contributed by atoms with Crippen LogP contribution in [0.5, 0.6) is 0 Å². The first-order chi connectivity index (χ1) is 8.11. The highest BCUT2D eigenvalue weighted by atomic mass is 16.5. The Hall–Kier alpha value is -0.610. The number of nitrogens with one attached hydrogen (secondary N) is 1. The fraction of sp³-hybridized carbons (Fsp3) is 0.923. The van der Waals surface area contributed by atoms with Crippen LogP contribution in [0.25, 0.3) is 0 Å². The van der Waals surface area contributed by atoms with E-state index < -0.39 is 0 Å². The second-order valence-electron chi connectivity index (χ2n) is 5.25. The van der Waals surface area contributed by atoms with Crippen LogP contribution in [0.3, 0.4) is 0 Å². The van der Waals surface area contributed by atoms with Gasteiger partial charge in [0.15, 0.2) is 0 Å². The molecule has 0 saturated carbocycles. The molecule has 1 unspecified atom stereocenters. The van der Waals surface area contributed by atoms with Crippen LogP contribution in [0.2, 0.25) is 0 Å². The SMILES string of the molecule is COCCCC1CCN(CC(=O)NC(C)C)C1. The van der Waals surface area contributed by atoms with Crippen LogP contribution >= 0.6 is 0 Å². The summed E-state index contributed by atoms with van der Waals surface area (Å²) in [5, 5.41) is 2.94. The second kappa shape index (κ2) is 7.67. The standard InChI is InChI=1S/C13H26N2O2/c1-11(2)14-13(16)10-15-7-6-12(9-15)5-4-8-17-3/h11-12H,4-10H2,1-3H3,(H,14,16). The number of rotatable bonds is 7. The molecular weight excluding hydrogens is 216 g/mol. The zero-order valence-electron chi connectivity index (χ0n) is 11.4. The highest BCUT2D eigenvalue weighted by molar-refractivity contribution is 5.78. The number of ether oxygens (including phenoxy) is 1. The molecule has 4 nitrogen and oxygen atoms in total. The maximum atomic E-state index is 11.6. The average molecular weight is 242 g/mol. The van der Waals surface area contributed by atoms with E-state index in [9.17, 15) is 4.79 Å². The Labute approximate surface area is 105 Å². The molecule has 1 aliphatic rings. The van der Waals surface area contributed by atoms with E-state index >= 15 is 0 Å². The van der Waals surface area contributed by atoms with Crippen LogP contribution in [0, 0.1) is 5.92 Å². The van der Waals surface area contributed by atoms with Crippen molar-refractivity contribution in [1.82, 2.24) is 10.2 Å². The van der Waals surface area contributed by atoms with E-state index in [4.69, 9.17) is 4.74 Å². The van der Waals surface area contributed by atoms with Crippen molar-refractivity contribution in [3.63, 3.8) is 0 Å². The predicted molar refractivity (Wildman–Crippen MR) is 68.9 cm³/mol. The summed E-state index contributed by atoms with van der Waals surface area (Å²) in [6.07, 6.45) is 3.57. The van der Waals surface area contributed by atoms with Gasteiger partial charge in [-0.3, -0.25) is 9.69 Å². The minimum Gasteiger partial charge on any atom is -0.385 e. The van der Waals surface area contributed by atoms with Gasteiger partial charge in [-0.15, -0.1) is 0 Å². The Bertz CT molecular complexity index is 231. The molecule has 1 N–H and O–H groups in total. The van der Waals surface area contributed by atoms with Crippen molar-refractivity contribution in [3.8, 4) is 0 Å². The summed E-state index contributed by atoms with van der Waals surface area (Å²) >= 11 is 0. The Morgan fingerprint density at radius 3 is 2.94 bits per heavy atom. The topological polar surface area (TPSA) is 41.6 Å². The quantitative estimate of drug-likeness (QED) is 0.683. The number of hydrogen-bond donors (Lipinski definition) is 1. The summed E-state index contributed by atoms with van der Waals surface area (Å²) in [5.74, 6) is 0.898. The molecule has 1 heterocycles. The van der Waals surface area contributed by atoms with Crippen LogP contribution in [-0.4, -0.2) is 50.2 Å². The van der Waals surface area contributed by atoms with E-state index in [1.54, 1.807) is 7.11 Å². The van der Waals surface area contributed by atoms with E-state index in [2.05, 4.69) is 10.2 Å². The molecule has 1 rings (SSSR count). The van der Waals surface area contributed by atoms with Crippen LogP contribution in [0.4, 0.5) is 0 Å². The van der Waals surface area contributed by atoms with Crippen molar-refractivity contribution in [2.24, 2.45) is 5.92 Å². The first-order valence-electron chi connectivity index (χ1n) is 6.62. The molecule has 17 heavy (non-hydrogen) atoms. The maximum Gasteiger partial charge on any atom is 0.234 e. The number of methoxy groups -OCH3 is 1. The summed E-state index contributed by atoms with van der Waals surface area (Å²) in [7, 11) is 1.75. The molecule has 4 heteroatoms. The fourth-order valence-electron chi connectivity index (χ4n) is 2.38. The molecule has 1 amide bonds. The van der Waals surface area contributed by atoms with Crippen molar-refractivity contribution >= 4 is 5.91 Å². The molecule has 1 aliphatic heterocycles. The van der Waals surface area contributed by atoms with Gasteiger partial charge in [-0.25, -0.2) is 0 Å². The van der Waals surface area contributed by atoms with Gasteiger partial charge in [0.2, 0.25) is 5.91 Å². The number of amides is 1. The summed E-state index contributed by atoms with van der Waals surface area (Å²) in [4.78, 5) is 13.9. The third-order valence-corrected chi connectivity index (χ3v) is 3.15. The lowest BCUT2D eigenvalue weighted by Gasteiger charge is -2.16. The fourth-order valence-corrected chi connectivity index (χ4v) is 2.38. The average Bonchev–Trinajstić information content (AvgIpc) is 2.64. The Kier molecular flexibility index (Phi) is 6.52. The Balaban J connectivity index is 2.14. The zero-order chi connectivity index (χ0) is 12.7. The van der Waals surface area contributed by atoms with Crippen LogP contribution in [0.15, 0.2) is 0 Å². The van der Waals surface area contributed by atoms with Gasteiger partial charge < -0.3 is 10.1 Å². The van der Waals surface area contributed by atoms with Crippen molar-refractivity contribution in [2.75, 3.05) is 33.4 Å². The zero-order valence-corrected chi connectivity index (χ0v) is 11.4. The number of nitrogens with zero attached hydrogens (tertiary/aromatic N) is 1. The molecule has 0 aliphatic carbocycles. The lowest BCUT2D eigenvalue weighted by molar-refractivity contribution is -0.122. The summed E-state index contributed by atoms with van der Waals surface area (Å²) in [6, 6.07) is 0.239. The highest BCUT2D eigenvalue weighted by Gasteiger charge is 2.23. The molecule has 0 aromatic rings. The summed E-state index contributed by atoms with van der Waals surface area (Å²) < 4.78 is 5.06. The van der Waals surface area contributed by atoms with Crippen LogP contribution < -0.4 is 5.32 Å². The van der Waals surface area contributed by atoms with E-state index in [1.807, 2.05) is 13.8 Å². The third kappa shape index (κ3) is 6.03. The molecular formula is C13H26N2O2. The molecule has 1 saturated heterocycles. The normalized spacial score (nSPS) is 21.1. The molecule has 0 aromatic carbocycles. The van der Waals surface area contributed by atoms with E-state index in [1.165, 1.54) is 12.8 Å². The van der Waals surface area contributed by atoms with Gasteiger partial charge >= 0.3 is 0 Å². The van der Waals surface area contributed by atoms with Gasteiger partial charge in [-0.05, 0) is 45.6 Å². The predicted octanol–water partition coefficient (Wildman–Crippen LogP) is 1.26. The van der Waals surface area contributed by atoms with Crippen molar-refractivity contribution in [2.45, 2.75) is 39.2 Å². The molecule has 1 fully saturated rings. The Morgan fingerprint density at radius 2 is 2.29 bits per heavy atom. The molecule has 0 aromatic heterocycles. The summed E-state index contributed by atoms with van der Waals surface area (Å²) in [5.41, 5.74) is 0. The largest absolute Gasteiger partial charge is 0.385 e. The van der Waals surface area contributed by atoms with Gasteiger partial charge in [-0.2, -0.15) is 0 Å². The lowest BCUT2D eigenvalue weighted by atomic mass is 10.0. The monoisotopic (exact) mass is 242 g/mol. The number of hydrogen-bond acceptors (Lipinski definition) is 3. The van der Waals surface area contributed by atoms with Gasteiger partial charge in [0.1, 0.15) is 0 Å². The van der Waals surface area contributed by atoms with E-state index in [0.29, 0.717) is 6.54 Å². The van der Waals surface area contributed by atoms with Crippen molar-refractivity contribution in [3.05, 3.63) is 0 Å². The van der Waals surface area contributed by atoms with Crippen LogP contribution in [-0.2, 0) is 9.53 Å². The number of carbonyl (C=O) groups is 1. The van der Waals surface area contributed by atoms with Gasteiger partial charge in [0.25, 0.3) is 0 Å². The molecule has 100 valence electrons. The Morgan fingerprint density at radius 1 is 1.53 bits per heavy atom. The molecule has 0 radical (unpaired) electrons.